The van der Waals surface area contributed by atoms with Gasteiger partial charge < -0.3 is 14.2 Å². The highest BCUT2D eigenvalue weighted by Gasteiger charge is 2.36. The average molecular weight is 310 g/mol. The van der Waals surface area contributed by atoms with Gasteiger partial charge in [0.2, 0.25) is 0 Å². The Balaban J connectivity index is 2.04. The molecule has 2 unspecified atom stereocenters. The first-order valence-electron chi connectivity index (χ1n) is 8.43. The Bertz CT molecular complexity index is 476. The van der Waals surface area contributed by atoms with Crippen LogP contribution < -0.4 is 9.47 Å². The van der Waals surface area contributed by atoms with E-state index in [2.05, 4.69) is 6.92 Å². The zero-order valence-electron chi connectivity index (χ0n) is 13.9. The molecule has 1 fully saturated rings. The van der Waals surface area contributed by atoms with Crippen LogP contribution in [0.15, 0.2) is 12.1 Å². The van der Waals surface area contributed by atoms with Gasteiger partial charge in [-0.1, -0.05) is 20.8 Å². The maximum Gasteiger partial charge on any atom is 0.164 e. The molecule has 0 radical (unpaired) electrons. The number of benzene rings is 1. The van der Waals surface area contributed by atoms with Crippen LogP contribution >= 0.6 is 0 Å². The summed E-state index contributed by atoms with van der Waals surface area (Å²) in [5.41, 5.74) is 0.681. The van der Waals surface area contributed by atoms with E-state index >= 15 is 0 Å². The van der Waals surface area contributed by atoms with Crippen LogP contribution in [-0.2, 0) is 11.2 Å². The molecule has 0 saturated carbocycles. The molecule has 3 nitrogen and oxygen atoms in total. The smallest absolute Gasteiger partial charge is 0.164 e. The predicted molar refractivity (Wildman–Crippen MR) is 85.2 cm³/mol. The highest BCUT2D eigenvalue weighted by Crippen LogP contribution is 2.34. The van der Waals surface area contributed by atoms with Crippen LogP contribution in [0.4, 0.5) is 4.39 Å². The van der Waals surface area contributed by atoms with E-state index in [0.717, 1.165) is 25.7 Å². The number of ether oxygens (including phenoxy) is 3. The molecule has 22 heavy (non-hydrogen) atoms. The summed E-state index contributed by atoms with van der Waals surface area (Å²) < 4.78 is 31.1. The summed E-state index contributed by atoms with van der Waals surface area (Å²) in [4.78, 5) is 0. The molecule has 0 bridgehead atoms. The van der Waals surface area contributed by atoms with Crippen LogP contribution in [-0.4, -0.2) is 25.4 Å². The van der Waals surface area contributed by atoms with Gasteiger partial charge in [-0.25, -0.2) is 4.39 Å². The third kappa shape index (κ3) is 4.60. The topological polar surface area (TPSA) is 31.0 Å². The van der Waals surface area contributed by atoms with Gasteiger partial charge in [-0.15, -0.1) is 0 Å². The molecule has 4 heteroatoms. The third-order valence-electron chi connectivity index (χ3n) is 3.82. The predicted octanol–water partition coefficient (Wildman–Crippen LogP) is 4.51. The lowest BCUT2D eigenvalue weighted by Gasteiger charge is -2.14. The molecule has 0 amide bonds. The van der Waals surface area contributed by atoms with Crippen LogP contribution in [0.25, 0.3) is 0 Å². The molecule has 2 atom stereocenters. The van der Waals surface area contributed by atoms with E-state index in [-0.39, 0.29) is 5.82 Å². The maximum absolute atomic E-state index is 14.3. The lowest BCUT2D eigenvalue weighted by Crippen LogP contribution is -2.04. The van der Waals surface area contributed by atoms with Gasteiger partial charge in [0.1, 0.15) is 5.82 Å². The van der Waals surface area contributed by atoms with Crippen molar-refractivity contribution in [2.75, 3.05) is 13.2 Å². The monoisotopic (exact) mass is 310 g/mol. The zero-order valence-corrected chi connectivity index (χ0v) is 13.9. The summed E-state index contributed by atoms with van der Waals surface area (Å²) in [5, 5.41) is 0. The summed E-state index contributed by atoms with van der Waals surface area (Å²) in [5.74, 6) is 0.935. The van der Waals surface area contributed by atoms with Crippen molar-refractivity contribution in [1.82, 2.24) is 0 Å². The van der Waals surface area contributed by atoms with Crippen LogP contribution in [0, 0.1) is 5.82 Å². The normalized spacial score (nSPS) is 20.0. The van der Waals surface area contributed by atoms with Gasteiger partial charge in [-0.05, 0) is 43.7 Å². The van der Waals surface area contributed by atoms with E-state index in [9.17, 15) is 4.39 Å². The molecular formula is C18H27FO3. The molecule has 1 saturated heterocycles. The van der Waals surface area contributed by atoms with Gasteiger partial charge >= 0.3 is 0 Å². The highest BCUT2D eigenvalue weighted by molar-refractivity contribution is 5.44. The fourth-order valence-corrected chi connectivity index (χ4v) is 2.51. The minimum Gasteiger partial charge on any atom is -0.490 e. The van der Waals surface area contributed by atoms with Crippen LogP contribution in [0.1, 0.15) is 52.0 Å². The van der Waals surface area contributed by atoms with Gasteiger partial charge in [0, 0.05) is 6.07 Å². The standard InChI is InChI=1S/C18H27FO3/c1-4-9-20-17-11-13(7-8-16-15(6-3)22-16)14(19)12-18(17)21-10-5-2/h11-12,15-16H,4-10H2,1-3H3. The third-order valence-corrected chi connectivity index (χ3v) is 3.82. The van der Waals surface area contributed by atoms with Gasteiger partial charge in [0.25, 0.3) is 0 Å². The van der Waals surface area contributed by atoms with Crippen molar-refractivity contribution in [3.63, 3.8) is 0 Å². The van der Waals surface area contributed by atoms with Crippen molar-refractivity contribution in [2.45, 2.75) is 65.1 Å². The summed E-state index contributed by atoms with van der Waals surface area (Å²) in [6.45, 7) is 7.36. The van der Waals surface area contributed by atoms with E-state index in [1.807, 2.05) is 13.8 Å². The van der Waals surface area contributed by atoms with Crippen molar-refractivity contribution in [1.29, 1.82) is 0 Å². The fraction of sp³-hybridized carbons (Fsp3) is 0.667. The largest absolute Gasteiger partial charge is 0.490 e. The molecule has 1 aliphatic heterocycles. The van der Waals surface area contributed by atoms with Gasteiger partial charge in [0.05, 0.1) is 25.4 Å². The number of hydrogen-bond donors (Lipinski definition) is 0. The van der Waals surface area contributed by atoms with Gasteiger partial charge in [-0.2, -0.15) is 0 Å². The first-order chi connectivity index (χ1) is 10.7. The summed E-state index contributed by atoms with van der Waals surface area (Å²) in [7, 11) is 0. The van der Waals surface area contributed by atoms with Crippen molar-refractivity contribution < 1.29 is 18.6 Å². The van der Waals surface area contributed by atoms with E-state index in [0.29, 0.717) is 48.9 Å². The Labute approximate surface area is 132 Å². The van der Waals surface area contributed by atoms with Crippen molar-refractivity contribution in [3.8, 4) is 11.5 Å². The first-order valence-corrected chi connectivity index (χ1v) is 8.43. The number of epoxide rings is 1. The van der Waals surface area contributed by atoms with Crippen molar-refractivity contribution in [3.05, 3.63) is 23.5 Å². The minimum absolute atomic E-state index is 0.219. The van der Waals surface area contributed by atoms with E-state index in [1.54, 1.807) is 6.07 Å². The maximum atomic E-state index is 14.3. The van der Waals surface area contributed by atoms with E-state index in [4.69, 9.17) is 14.2 Å². The van der Waals surface area contributed by atoms with Crippen molar-refractivity contribution in [2.24, 2.45) is 0 Å². The fourth-order valence-electron chi connectivity index (χ4n) is 2.51. The Morgan fingerprint density at radius 1 is 1.00 bits per heavy atom. The van der Waals surface area contributed by atoms with Gasteiger partial charge in [-0.3, -0.25) is 0 Å². The Hall–Kier alpha value is -1.29. The van der Waals surface area contributed by atoms with E-state index < -0.39 is 0 Å². The number of halogens is 1. The minimum atomic E-state index is -0.219. The molecule has 0 aromatic heterocycles. The zero-order chi connectivity index (χ0) is 15.9. The molecule has 1 aromatic carbocycles. The molecule has 0 N–H and O–H groups in total. The molecule has 2 rings (SSSR count). The molecular weight excluding hydrogens is 283 g/mol. The quantitative estimate of drug-likeness (QED) is 0.596. The molecule has 1 heterocycles. The Morgan fingerprint density at radius 3 is 2.18 bits per heavy atom. The summed E-state index contributed by atoms with van der Waals surface area (Å²) in [6, 6.07) is 3.25. The molecule has 0 aliphatic carbocycles. The Kier molecular flexibility index (Phi) is 6.49. The molecule has 124 valence electrons. The van der Waals surface area contributed by atoms with Gasteiger partial charge in [0.15, 0.2) is 11.5 Å². The Morgan fingerprint density at radius 2 is 1.64 bits per heavy atom. The van der Waals surface area contributed by atoms with Crippen molar-refractivity contribution >= 4 is 0 Å². The summed E-state index contributed by atoms with van der Waals surface area (Å²) in [6.07, 6.45) is 5.01. The van der Waals surface area contributed by atoms with E-state index in [1.165, 1.54) is 6.07 Å². The molecule has 0 spiro atoms. The number of aryl methyl sites for hydroxylation is 1. The second kappa shape index (κ2) is 8.37. The van der Waals surface area contributed by atoms with Crippen LogP contribution in [0.3, 0.4) is 0 Å². The average Bonchev–Trinajstić information content (AvgIpc) is 3.29. The van der Waals surface area contributed by atoms with Crippen LogP contribution in [0.5, 0.6) is 11.5 Å². The summed E-state index contributed by atoms with van der Waals surface area (Å²) >= 11 is 0. The lowest BCUT2D eigenvalue weighted by molar-refractivity contribution is 0.266. The second-order valence-corrected chi connectivity index (χ2v) is 5.75. The number of rotatable bonds is 10. The van der Waals surface area contributed by atoms with Crippen LogP contribution in [0.2, 0.25) is 0 Å². The molecule has 1 aromatic rings. The second-order valence-electron chi connectivity index (χ2n) is 5.75. The lowest BCUT2D eigenvalue weighted by atomic mass is 10.0. The highest BCUT2D eigenvalue weighted by atomic mass is 19.1. The molecule has 1 aliphatic rings. The first kappa shape index (κ1) is 17.1. The number of hydrogen-bond acceptors (Lipinski definition) is 3. The SMILES string of the molecule is CCCOc1cc(F)c(CCC2OC2CC)cc1OCCC.